The zero-order valence-corrected chi connectivity index (χ0v) is 17.8. The van der Waals surface area contributed by atoms with Gasteiger partial charge in [-0.15, -0.1) is 0 Å². The van der Waals surface area contributed by atoms with Crippen LogP contribution in [0.4, 0.5) is 5.69 Å². The Morgan fingerprint density at radius 2 is 1.81 bits per heavy atom. The summed E-state index contributed by atoms with van der Waals surface area (Å²) in [4.78, 5) is 17.4. The number of unbranched alkanes of at least 4 members (excludes halogenated alkanes) is 3. The van der Waals surface area contributed by atoms with Gasteiger partial charge in [0.05, 0.1) is 12.3 Å². The van der Waals surface area contributed by atoms with Gasteiger partial charge >= 0.3 is 0 Å². The number of rotatable bonds is 9. The Hall–Kier alpha value is -3.60. The van der Waals surface area contributed by atoms with Crippen LogP contribution in [0.2, 0.25) is 0 Å². The molecule has 0 bridgehead atoms. The van der Waals surface area contributed by atoms with E-state index in [4.69, 9.17) is 4.74 Å². The van der Waals surface area contributed by atoms with Crippen LogP contribution in [0.5, 0.6) is 5.75 Å². The first-order chi connectivity index (χ1) is 15.2. The Bertz CT molecular complexity index is 1130. The highest BCUT2D eigenvalue weighted by Gasteiger charge is 2.10. The van der Waals surface area contributed by atoms with E-state index in [-0.39, 0.29) is 5.91 Å². The number of pyridine rings is 1. The smallest absolute Gasteiger partial charge is 0.255 e. The molecule has 0 atom stereocenters. The van der Waals surface area contributed by atoms with Gasteiger partial charge in [-0.2, -0.15) is 0 Å². The summed E-state index contributed by atoms with van der Waals surface area (Å²) in [5, 5.41) is 2.94. The summed E-state index contributed by atoms with van der Waals surface area (Å²) in [5.74, 6) is 0.654. The summed E-state index contributed by atoms with van der Waals surface area (Å²) in [7, 11) is 0. The average molecular weight is 414 g/mol. The molecule has 158 valence electrons. The molecule has 2 heterocycles. The van der Waals surface area contributed by atoms with E-state index < -0.39 is 0 Å². The molecular weight excluding hydrogens is 386 g/mol. The Labute approximate surface area is 182 Å². The van der Waals surface area contributed by atoms with Gasteiger partial charge in [-0.3, -0.25) is 4.79 Å². The van der Waals surface area contributed by atoms with Gasteiger partial charge in [0.2, 0.25) is 0 Å². The first-order valence-corrected chi connectivity index (χ1v) is 10.8. The Morgan fingerprint density at radius 3 is 2.58 bits per heavy atom. The molecule has 0 saturated heterocycles. The molecule has 2 aromatic carbocycles. The summed E-state index contributed by atoms with van der Waals surface area (Å²) in [5.41, 5.74) is 3.96. The molecule has 0 radical (unpaired) electrons. The van der Waals surface area contributed by atoms with E-state index in [2.05, 4.69) is 17.2 Å². The molecule has 4 aromatic rings. The van der Waals surface area contributed by atoms with E-state index in [0.717, 1.165) is 41.4 Å². The third kappa shape index (κ3) is 5.31. The summed E-state index contributed by atoms with van der Waals surface area (Å²) >= 11 is 0. The van der Waals surface area contributed by atoms with Gasteiger partial charge in [-0.25, -0.2) is 4.98 Å². The van der Waals surface area contributed by atoms with Gasteiger partial charge in [-0.1, -0.05) is 56.5 Å². The van der Waals surface area contributed by atoms with Crippen molar-refractivity contribution in [1.82, 2.24) is 9.38 Å². The monoisotopic (exact) mass is 413 g/mol. The van der Waals surface area contributed by atoms with Crippen LogP contribution in [0.3, 0.4) is 0 Å². The fourth-order valence-corrected chi connectivity index (χ4v) is 3.43. The average Bonchev–Trinajstić information content (AvgIpc) is 3.24. The van der Waals surface area contributed by atoms with Crippen LogP contribution < -0.4 is 10.1 Å². The largest absolute Gasteiger partial charge is 0.494 e. The predicted octanol–water partition coefficient (Wildman–Crippen LogP) is 6.21. The van der Waals surface area contributed by atoms with Crippen molar-refractivity contribution in [3.63, 3.8) is 0 Å². The van der Waals surface area contributed by atoms with Gasteiger partial charge in [0, 0.05) is 29.2 Å². The molecule has 0 unspecified atom stereocenters. The lowest BCUT2D eigenvalue weighted by atomic mass is 10.2. The highest BCUT2D eigenvalue weighted by molar-refractivity contribution is 6.04. The number of carbonyl (C=O) groups excluding carboxylic acids is 1. The number of hydrogen-bond acceptors (Lipinski definition) is 3. The van der Waals surface area contributed by atoms with Crippen LogP contribution in [0.1, 0.15) is 43.0 Å². The minimum absolute atomic E-state index is 0.167. The van der Waals surface area contributed by atoms with Crippen LogP contribution in [0, 0.1) is 0 Å². The van der Waals surface area contributed by atoms with Crippen molar-refractivity contribution in [2.24, 2.45) is 0 Å². The summed E-state index contributed by atoms with van der Waals surface area (Å²) in [6.45, 7) is 2.92. The number of benzene rings is 2. The minimum Gasteiger partial charge on any atom is -0.494 e. The Morgan fingerprint density at radius 1 is 1.00 bits per heavy atom. The number of imidazole rings is 1. The number of nitrogens with zero attached hydrogens (tertiary/aromatic N) is 2. The van der Waals surface area contributed by atoms with Gasteiger partial charge in [-0.05, 0) is 42.8 Å². The molecule has 0 spiro atoms. The molecule has 5 nitrogen and oxygen atoms in total. The maximum atomic E-state index is 12.7. The maximum absolute atomic E-state index is 12.7. The maximum Gasteiger partial charge on any atom is 0.255 e. The van der Waals surface area contributed by atoms with Gasteiger partial charge in [0.15, 0.2) is 0 Å². The first kappa shape index (κ1) is 20.7. The lowest BCUT2D eigenvalue weighted by molar-refractivity contribution is 0.102. The minimum atomic E-state index is -0.167. The lowest BCUT2D eigenvalue weighted by Gasteiger charge is -2.08. The number of amides is 1. The van der Waals surface area contributed by atoms with Crippen molar-refractivity contribution < 1.29 is 9.53 Å². The highest BCUT2D eigenvalue weighted by Crippen LogP contribution is 2.20. The van der Waals surface area contributed by atoms with Crippen LogP contribution >= 0.6 is 0 Å². The van der Waals surface area contributed by atoms with Crippen molar-refractivity contribution in [3.05, 3.63) is 84.7 Å². The van der Waals surface area contributed by atoms with Crippen LogP contribution in [0.25, 0.3) is 16.9 Å². The van der Waals surface area contributed by atoms with E-state index in [0.29, 0.717) is 5.56 Å². The zero-order chi connectivity index (χ0) is 21.5. The van der Waals surface area contributed by atoms with Crippen molar-refractivity contribution in [2.45, 2.75) is 32.6 Å². The number of carbonyl (C=O) groups is 1. The van der Waals surface area contributed by atoms with Gasteiger partial charge in [0.25, 0.3) is 5.91 Å². The molecule has 31 heavy (non-hydrogen) atoms. The van der Waals surface area contributed by atoms with Crippen molar-refractivity contribution in [2.75, 3.05) is 11.9 Å². The SMILES string of the molecule is CCCCCCOc1ccc(NC(=O)c2ccn3cc(-c4ccccc4)nc3c2)cc1. The van der Waals surface area contributed by atoms with E-state index in [1.54, 1.807) is 12.1 Å². The molecule has 0 aliphatic rings. The molecule has 0 aliphatic carbocycles. The van der Waals surface area contributed by atoms with Crippen LogP contribution in [-0.4, -0.2) is 21.9 Å². The molecular formula is C26H27N3O2. The lowest BCUT2D eigenvalue weighted by Crippen LogP contribution is -2.12. The van der Waals surface area contributed by atoms with Crippen molar-refractivity contribution >= 4 is 17.2 Å². The molecule has 2 aromatic heterocycles. The number of ether oxygens (including phenoxy) is 1. The fraction of sp³-hybridized carbons (Fsp3) is 0.231. The molecule has 4 rings (SSSR count). The molecule has 5 heteroatoms. The molecule has 0 aliphatic heterocycles. The predicted molar refractivity (Wildman–Crippen MR) is 125 cm³/mol. The Kier molecular flexibility index (Phi) is 6.62. The third-order valence-corrected chi connectivity index (χ3v) is 5.17. The topological polar surface area (TPSA) is 55.6 Å². The van der Waals surface area contributed by atoms with E-state index in [9.17, 15) is 4.79 Å². The van der Waals surface area contributed by atoms with E-state index >= 15 is 0 Å². The number of nitrogens with one attached hydrogen (secondary N) is 1. The summed E-state index contributed by atoms with van der Waals surface area (Å²) in [6, 6.07) is 21.1. The number of anilines is 1. The summed E-state index contributed by atoms with van der Waals surface area (Å²) in [6.07, 6.45) is 8.54. The van der Waals surface area contributed by atoms with Crippen molar-refractivity contribution in [3.8, 4) is 17.0 Å². The van der Waals surface area contributed by atoms with Gasteiger partial charge in [0.1, 0.15) is 11.4 Å². The number of hydrogen-bond donors (Lipinski definition) is 1. The summed E-state index contributed by atoms with van der Waals surface area (Å²) < 4.78 is 7.68. The second-order valence-corrected chi connectivity index (χ2v) is 7.56. The molecule has 1 N–H and O–H groups in total. The molecule has 1 amide bonds. The van der Waals surface area contributed by atoms with E-state index in [1.165, 1.54) is 19.3 Å². The molecule has 0 fully saturated rings. The second kappa shape index (κ2) is 9.94. The quantitative estimate of drug-likeness (QED) is 0.332. The second-order valence-electron chi connectivity index (χ2n) is 7.56. The first-order valence-electron chi connectivity index (χ1n) is 10.8. The number of fused-ring (bicyclic) bond motifs is 1. The third-order valence-electron chi connectivity index (χ3n) is 5.17. The van der Waals surface area contributed by atoms with Gasteiger partial charge < -0.3 is 14.5 Å². The van der Waals surface area contributed by atoms with Crippen LogP contribution in [-0.2, 0) is 0 Å². The normalized spacial score (nSPS) is 10.9. The van der Waals surface area contributed by atoms with Crippen LogP contribution in [0.15, 0.2) is 79.1 Å². The van der Waals surface area contributed by atoms with E-state index in [1.807, 2.05) is 71.4 Å². The Balaban J connectivity index is 1.39. The fourth-order valence-electron chi connectivity index (χ4n) is 3.43. The number of aromatic nitrogens is 2. The standard InChI is InChI=1S/C26H27N3O2/c1-2-3-4-8-17-31-23-13-11-22(12-14-23)27-26(30)21-15-16-29-19-24(28-25(29)18-21)20-9-6-5-7-10-20/h5-7,9-16,18-19H,2-4,8,17H2,1H3,(H,27,30). The highest BCUT2D eigenvalue weighted by atomic mass is 16.5. The molecule has 0 saturated carbocycles. The van der Waals surface area contributed by atoms with Crippen molar-refractivity contribution in [1.29, 1.82) is 0 Å². The zero-order valence-electron chi connectivity index (χ0n) is 17.8.